The first-order valence-corrected chi connectivity index (χ1v) is 11.7. The van der Waals surface area contributed by atoms with Gasteiger partial charge in [-0.2, -0.15) is 0 Å². The first-order chi connectivity index (χ1) is 14.8. The number of fused-ring (bicyclic) bond motifs is 1. The van der Waals surface area contributed by atoms with Crippen LogP contribution in [0.3, 0.4) is 0 Å². The number of carbonyl (C=O) groups excluding carboxylic acids is 2. The number of Topliss-reactive ketones (excluding diaryl/α,β-unsaturated/α-hetero) is 1. The average Bonchev–Trinajstić information content (AvgIpc) is 3.11. The summed E-state index contributed by atoms with van der Waals surface area (Å²) in [6.07, 6.45) is 1.72. The van der Waals surface area contributed by atoms with Crippen molar-refractivity contribution in [2.45, 2.75) is 31.7 Å². The van der Waals surface area contributed by atoms with Gasteiger partial charge in [0.1, 0.15) is 0 Å². The maximum Gasteiger partial charge on any atom is 0.326 e. The molecule has 0 bridgehead atoms. The lowest BCUT2D eigenvalue weighted by molar-refractivity contribution is -0.132. The van der Waals surface area contributed by atoms with Crippen LogP contribution < -0.4 is 11.4 Å². The van der Waals surface area contributed by atoms with Gasteiger partial charge in [-0.05, 0) is 69.0 Å². The van der Waals surface area contributed by atoms with Crippen LogP contribution in [0, 0.1) is 0 Å². The Kier molecular flexibility index (Phi) is 6.34. The third kappa shape index (κ3) is 4.48. The van der Waals surface area contributed by atoms with E-state index >= 15 is 0 Å². The Morgan fingerprint density at radius 2 is 1.71 bits per heavy atom. The number of anilines is 1. The average molecular weight is 550 g/mol. The summed E-state index contributed by atoms with van der Waals surface area (Å²) in [6, 6.07) is 11.0. The van der Waals surface area contributed by atoms with Crippen molar-refractivity contribution < 1.29 is 9.59 Å². The zero-order chi connectivity index (χ0) is 22.1. The van der Waals surface area contributed by atoms with Crippen molar-refractivity contribution in [1.29, 1.82) is 0 Å². The molecule has 4 rings (SSSR count). The number of H-pyrrole nitrogens is 1. The van der Waals surface area contributed by atoms with Gasteiger partial charge in [-0.15, -0.1) is 0 Å². The maximum atomic E-state index is 12.7. The van der Waals surface area contributed by atoms with Gasteiger partial charge in [0.05, 0.1) is 16.7 Å². The molecule has 1 aromatic heterocycles. The van der Waals surface area contributed by atoms with Crippen LogP contribution in [0.15, 0.2) is 50.1 Å². The molecule has 9 heteroatoms. The van der Waals surface area contributed by atoms with E-state index in [2.05, 4.69) is 36.8 Å². The summed E-state index contributed by atoms with van der Waals surface area (Å²) >= 11 is 6.68. The van der Waals surface area contributed by atoms with Crippen molar-refractivity contribution in [3.05, 3.63) is 61.4 Å². The lowest BCUT2D eigenvalue weighted by atomic mass is 10.0. The summed E-state index contributed by atoms with van der Waals surface area (Å²) in [4.78, 5) is 42.3. The Bertz CT molecular complexity index is 1190. The molecule has 2 aromatic carbocycles. The Hall–Kier alpha value is -2.39. The lowest BCUT2D eigenvalue weighted by Gasteiger charge is -2.32. The molecule has 0 radical (unpaired) electrons. The number of carbonyl (C=O) groups is 2. The van der Waals surface area contributed by atoms with Gasteiger partial charge in [-0.1, -0.05) is 12.1 Å². The van der Waals surface area contributed by atoms with Gasteiger partial charge in [0, 0.05) is 46.5 Å². The SMILES string of the molecule is Nc1c(Br)cc(C(=O)CCC(=O)N2CCC(n3c(=O)[nH]c4ccccc43)CC2)cc1Br. The molecule has 0 atom stereocenters. The number of imidazole rings is 1. The number of nitrogens with two attached hydrogens (primary N) is 1. The second-order valence-electron chi connectivity index (χ2n) is 7.71. The normalized spacial score (nSPS) is 14.8. The van der Waals surface area contributed by atoms with Gasteiger partial charge in [0.2, 0.25) is 5.91 Å². The first kappa shape index (κ1) is 21.8. The van der Waals surface area contributed by atoms with Crippen molar-refractivity contribution in [3.8, 4) is 0 Å². The summed E-state index contributed by atoms with van der Waals surface area (Å²) in [6.45, 7) is 1.14. The number of para-hydroxylation sites is 2. The number of halogens is 2. The fraction of sp³-hybridized carbons (Fsp3) is 0.318. The molecule has 1 amide bonds. The summed E-state index contributed by atoms with van der Waals surface area (Å²) in [5.41, 5.74) is 8.52. The Labute approximate surface area is 195 Å². The van der Waals surface area contributed by atoms with E-state index in [1.807, 2.05) is 24.3 Å². The number of ketones is 1. The number of likely N-dealkylation sites (tertiary alicyclic amines) is 1. The summed E-state index contributed by atoms with van der Waals surface area (Å²) in [7, 11) is 0. The van der Waals surface area contributed by atoms with E-state index in [0.717, 1.165) is 11.0 Å². The monoisotopic (exact) mass is 548 g/mol. The number of hydrogen-bond donors (Lipinski definition) is 2. The second kappa shape index (κ2) is 9.00. The molecule has 7 nitrogen and oxygen atoms in total. The zero-order valence-electron chi connectivity index (χ0n) is 16.7. The van der Waals surface area contributed by atoms with E-state index in [9.17, 15) is 14.4 Å². The molecule has 3 N–H and O–H groups in total. The molecule has 1 fully saturated rings. The molecule has 0 aliphatic carbocycles. The number of benzene rings is 2. The van der Waals surface area contributed by atoms with E-state index in [1.165, 1.54) is 0 Å². The minimum Gasteiger partial charge on any atom is -0.397 e. The van der Waals surface area contributed by atoms with Crippen molar-refractivity contribution in [2.75, 3.05) is 18.8 Å². The number of amides is 1. The largest absolute Gasteiger partial charge is 0.397 e. The minimum absolute atomic E-state index is 0.0355. The smallest absolute Gasteiger partial charge is 0.326 e. The zero-order valence-corrected chi connectivity index (χ0v) is 19.9. The van der Waals surface area contributed by atoms with Crippen LogP contribution in [0.4, 0.5) is 5.69 Å². The molecule has 3 aromatic rings. The van der Waals surface area contributed by atoms with Gasteiger partial charge in [0.15, 0.2) is 5.78 Å². The molecule has 31 heavy (non-hydrogen) atoms. The van der Waals surface area contributed by atoms with Crippen molar-refractivity contribution in [3.63, 3.8) is 0 Å². The molecule has 0 saturated carbocycles. The third-order valence-electron chi connectivity index (χ3n) is 5.77. The van der Waals surface area contributed by atoms with Crippen LogP contribution in [0.2, 0.25) is 0 Å². The predicted molar refractivity (Wildman–Crippen MR) is 127 cm³/mol. The number of nitrogens with one attached hydrogen (secondary N) is 1. The summed E-state index contributed by atoms with van der Waals surface area (Å²) in [5.74, 6) is -0.137. The highest BCUT2D eigenvalue weighted by atomic mass is 79.9. The van der Waals surface area contributed by atoms with Crippen LogP contribution in [0.25, 0.3) is 11.0 Å². The highest BCUT2D eigenvalue weighted by Crippen LogP contribution is 2.30. The fourth-order valence-electron chi connectivity index (χ4n) is 4.08. The van der Waals surface area contributed by atoms with E-state index in [1.54, 1.807) is 21.6 Å². The van der Waals surface area contributed by atoms with Crippen LogP contribution in [-0.2, 0) is 4.79 Å². The molecule has 2 heterocycles. The van der Waals surface area contributed by atoms with Gasteiger partial charge >= 0.3 is 5.69 Å². The molecule has 0 unspecified atom stereocenters. The maximum absolute atomic E-state index is 12.7. The molecule has 0 spiro atoms. The lowest BCUT2D eigenvalue weighted by Crippen LogP contribution is -2.40. The number of nitrogens with zero attached hydrogens (tertiary/aromatic N) is 2. The molecule has 1 aliphatic rings. The number of piperidine rings is 1. The highest BCUT2D eigenvalue weighted by molar-refractivity contribution is 9.11. The second-order valence-corrected chi connectivity index (χ2v) is 9.41. The van der Waals surface area contributed by atoms with Crippen molar-refractivity contribution in [2.24, 2.45) is 0 Å². The third-order valence-corrected chi connectivity index (χ3v) is 7.09. The predicted octanol–water partition coefficient (Wildman–Crippen LogP) is 4.26. The summed E-state index contributed by atoms with van der Waals surface area (Å²) in [5, 5.41) is 0. The molecule has 162 valence electrons. The van der Waals surface area contributed by atoms with Crippen LogP contribution in [0.1, 0.15) is 42.1 Å². The molecular formula is C22H22Br2N4O3. The van der Waals surface area contributed by atoms with Crippen LogP contribution >= 0.6 is 31.9 Å². The fourth-order valence-corrected chi connectivity index (χ4v) is 5.26. The Balaban J connectivity index is 1.35. The van der Waals surface area contributed by atoms with Gasteiger partial charge < -0.3 is 15.6 Å². The Morgan fingerprint density at radius 3 is 2.39 bits per heavy atom. The quantitative estimate of drug-likeness (QED) is 0.366. The number of aromatic amines is 1. The molecular weight excluding hydrogens is 528 g/mol. The van der Waals surface area contributed by atoms with Crippen LogP contribution in [0.5, 0.6) is 0 Å². The van der Waals surface area contributed by atoms with E-state index in [4.69, 9.17) is 5.73 Å². The Morgan fingerprint density at radius 1 is 1.06 bits per heavy atom. The van der Waals surface area contributed by atoms with Gasteiger partial charge in [-0.3, -0.25) is 14.2 Å². The van der Waals surface area contributed by atoms with E-state index < -0.39 is 0 Å². The van der Waals surface area contributed by atoms with Crippen molar-refractivity contribution in [1.82, 2.24) is 14.5 Å². The standard InChI is InChI=1S/C22H22Br2N4O3/c23-15-11-13(12-16(24)21(15)25)19(29)5-6-20(30)27-9-7-14(8-10-27)28-18-4-2-1-3-17(18)26-22(28)31/h1-4,11-12,14H,5-10,25H2,(H,26,31). The van der Waals surface area contributed by atoms with Crippen molar-refractivity contribution >= 4 is 60.3 Å². The van der Waals surface area contributed by atoms with Gasteiger partial charge in [0.25, 0.3) is 0 Å². The minimum atomic E-state index is -0.114. The van der Waals surface area contributed by atoms with E-state index in [0.29, 0.717) is 46.1 Å². The highest BCUT2D eigenvalue weighted by Gasteiger charge is 2.26. The van der Waals surface area contributed by atoms with Gasteiger partial charge in [-0.25, -0.2) is 4.79 Å². The number of nitrogen functional groups attached to an aromatic ring is 1. The topological polar surface area (TPSA) is 101 Å². The molecule has 1 aliphatic heterocycles. The summed E-state index contributed by atoms with van der Waals surface area (Å²) < 4.78 is 3.09. The first-order valence-electron chi connectivity index (χ1n) is 10.1. The van der Waals surface area contributed by atoms with Crippen LogP contribution in [-0.4, -0.2) is 39.2 Å². The van der Waals surface area contributed by atoms with E-state index in [-0.39, 0.29) is 36.3 Å². The number of rotatable bonds is 5. The number of aromatic nitrogens is 2. The molecule has 1 saturated heterocycles. The number of hydrogen-bond acceptors (Lipinski definition) is 4.